The first-order valence-corrected chi connectivity index (χ1v) is 10.7. The van der Waals surface area contributed by atoms with Crippen molar-refractivity contribution in [3.05, 3.63) is 77.2 Å². The Hall–Kier alpha value is -3.48. The van der Waals surface area contributed by atoms with Gasteiger partial charge in [0.15, 0.2) is 5.82 Å². The van der Waals surface area contributed by atoms with Crippen LogP contribution in [-0.2, 0) is 6.54 Å². The van der Waals surface area contributed by atoms with Crippen molar-refractivity contribution in [2.45, 2.75) is 39.2 Å². The summed E-state index contributed by atoms with van der Waals surface area (Å²) in [6.45, 7) is 6.03. The molecule has 0 bridgehead atoms. The minimum atomic E-state index is -0.192. The molecule has 2 aromatic heterocycles. The van der Waals surface area contributed by atoms with Crippen molar-refractivity contribution >= 4 is 11.8 Å². The molecule has 0 spiro atoms. The SMILES string of the molecule is CC(C)c1c(C(=O)NCc2cccc(C(=O)N3CCCC3)c2)cnn1-c1ccccn1. The van der Waals surface area contributed by atoms with Gasteiger partial charge in [-0.3, -0.25) is 9.59 Å². The van der Waals surface area contributed by atoms with E-state index in [0.717, 1.165) is 37.2 Å². The van der Waals surface area contributed by atoms with Gasteiger partial charge in [0.2, 0.25) is 0 Å². The number of nitrogens with one attached hydrogen (secondary N) is 1. The molecule has 1 aliphatic heterocycles. The third-order valence-corrected chi connectivity index (χ3v) is 5.48. The summed E-state index contributed by atoms with van der Waals surface area (Å²) in [5.41, 5.74) is 2.90. The molecule has 3 heterocycles. The second kappa shape index (κ2) is 9.12. The van der Waals surface area contributed by atoms with Gasteiger partial charge in [0.05, 0.1) is 17.5 Å². The van der Waals surface area contributed by atoms with Crippen LogP contribution in [0.15, 0.2) is 54.9 Å². The van der Waals surface area contributed by atoms with Crippen molar-refractivity contribution < 1.29 is 9.59 Å². The molecule has 1 N–H and O–H groups in total. The summed E-state index contributed by atoms with van der Waals surface area (Å²) < 4.78 is 1.72. The first kappa shape index (κ1) is 20.8. The lowest BCUT2D eigenvalue weighted by atomic mass is 10.0. The highest BCUT2D eigenvalue weighted by molar-refractivity contribution is 5.96. The predicted octanol–water partition coefficient (Wildman–Crippen LogP) is 3.56. The van der Waals surface area contributed by atoms with Crippen LogP contribution >= 0.6 is 0 Å². The molecule has 7 nitrogen and oxygen atoms in total. The Labute approximate surface area is 182 Å². The maximum Gasteiger partial charge on any atom is 0.255 e. The number of likely N-dealkylation sites (tertiary alicyclic amines) is 1. The van der Waals surface area contributed by atoms with E-state index in [1.807, 2.05) is 61.2 Å². The maximum absolute atomic E-state index is 13.0. The van der Waals surface area contributed by atoms with Crippen LogP contribution in [0.5, 0.6) is 0 Å². The number of nitrogens with zero attached hydrogens (tertiary/aromatic N) is 4. The van der Waals surface area contributed by atoms with Crippen molar-refractivity contribution in [3.8, 4) is 5.82 Å². The van der Waals surface area contributed by atoms with E-state index in [2.05, 4.69) is 15.4 Å². The highest BCUT2D eigenvalue weighted by Gasteiger charge is 2.22. The standard InChI is InChI=1S/C24H27N5O2/c1-17(2)22-20(16-27-29(22)21-10-3-4-11-25-21)23(30)26-15-18-8-7-9-19(14-18)24(31)28-12-5-6-13-28/h3-4,7-11,14,16-17H,5-6,12-13,15H2,1-2H3,(H,26,30). The summed E-state index contributed by atoms with van der Waals surface area (Å²) in [4.78, 5) is 31.8. The van der Waals surface area contributed by atoms with E-state index in [1.54, 1.807) is 17.1 Å². The molecule has 0 atom stereocenters. The average Bonchev–Trinajstić information content (AvgIpc) is 3.48. The van der Waals surface area contributed by atoms with Crippen molar-refractivity contribution in [2.75, 3.05) is 13.1 Å². The Balaban J connectivity index is 1.49. The molecule has 2 amide bonds. The van der Waals surface area contributed by atoms with Crippen LogP contribution in [0.2, 0.25) is 0 Å². The molecule has 0 saturated carbocycles. The van der Waals surface area contributed by atoms with Gasteiger partial charge in [0.1, 0.15) is 0 Å². The number of hydrogen-bond donors (Lipinski definition) is 1. The van der Waals surface area contributed by atoms with E-state index in [0.29, 0.717) is 23.5 Å². The maximum atomic E-state index is 13.0. The number of carbonyl (C=O) groups is 2. The van der Waals surface area contributed by atoms with Gasteiger partial charge in [-0.1, -0.05) is 32.0 Å². The van der Waals surface area contributed by atoms with E-state index >= 15 is 0 Å². The minimum Gasteiger partial charge on any atom is -0.348 e. The summed E-state index contributed by atoms with van der Waals surface area (Å²) in [5.74, 6) is 0.636. The largest absolute Gasteiger partial charge is 0.348 e. The molecule has 4 rings (SSSR count). The summed E-state index contributed by atoms with van der Waals surface area (Å²) in [7, 11) is 0. The summed E-state index contributed by atoms with van der Waals surface area (Å²) in [5, 5.41) is 7.38. The van der Waals surface area contributed by atoms with E-state index in [-0.39, 0.29) is 17.7 Å². The number of pyridine rings is 1. The Kier molecular flexibility index (Phi) is 6.11. The average molecular weight is 418 g/mol. The first-order valence-electron chi connectivity index (χ1n) is 10.7. The topological polar surface area (TPSA) is 80.1 Å². The zero-order chi connectivity index (χ0) is 21.8. The smallest absolute Gasteiger partial charge is 0.255 e. The van der Waals surface area contributed by atoms with E-state index in [1.165, 1.54) is 0 Å². The lowest BCUT2D eigenvalue weighted by molar-refractivity contribution is 0.0792. The van der Waals surface area contributed by atoms with Crippen LogP contribution in [-0.4, -0.2) is 44.6 Å². The van der Waals surface area contributed by atoms with Crippen LogP contribution in [0.3, 0.4) is 0 Å². The lowest BCUT2D eigenvalue weighted by Crippen LogP contribution is -2.28. The normalized spacial score (nSPS) is 13.6. The van der Waals surface area contributed by atoms with Gasteiger partial charge >= 0.3 is 0 Å². The van der Waals surface area contributed by atoms with Gasteiger partial charge in [0, 0.05) is 31.4 Å². The molecule has 0 aliphatic carbocycles. The number of rotatable bonds is 6. The zero-order valence-corrected chi connectivity index (χ0v) is 17.9. The number of aromatic nitrogens is 3. The number of carbonyl (C=O) groups excluding carboxylic acids is 2. The molecule has 0 radical (unpaired) electrons. The minimum absolute atomic E-state index is 0.0596. The number of benzene rings is 1. The Morgan fingerprint density at radius 2 is 1.90 bits per heavy atom. The van der Waals surface area contributed by atoms with Gasteiger partial charge in [-0.15, -0.1) is 0 Å². The van der Waals surface area contributed by atoms with Crippen LogP contribution < -0.4 is 5.32 Å². The predicted molar refractivity (Wildman–Crippen MR) is 118 cm³/mol. The molecule has 1 fully saturated rings. The molecule has 3 aromatic rings. The highest BCUT2D eigenvalue weighted by Crippen LogP contribution is 2.22. The van der Waals surface area contributed by atoms with Crippen molar-refractivity contribution in [1.29, 1.82) is 0 Å². The fourth-order valence-electron chi connectivity index (χ4n) is 3.94. The molecular formula is C24H27N5O2. The summed E-state index contributed by atoms with van der Waals surface area (Å²) in [6.07, 6.45) is 5.42. The molecule has 31 heavy (non-hydrogen) atoms. The van der Waals surface area contributed by atoms with E-state index in [4.69, 9.17) is 0 Å². The molecule has 7 heteroatoms. The van der Waals surface area contributed by atoms with Crippen LogP contribution in [0, 0.1) is 0 Å². The van der Waals surface area contributed by atoms with Gasteiger partial charge in [0.25, 0.3) is 11.8 Å². The summed E-state index contributed by atoms with van der Waals surface area (Å²) >= 11 is 0. The lowest BCUT2D eigenvalue weighted by Gasteiger charge is -2.16. The highest BCUT2D eigenvalue weighted by atomic mass is 16.2. The van der Waals surface area contributed by atoms with Gasteiger partial charge in [-0.2, -0.15) is 5.10 Å². The van der Waals surface area contributed by atoms with Gasteiger partial charge < -0.3 is 10.2 Å². The Bertz CT molecular complexity index is 1070. The Morgan fingerprint density at radius 1 is 1.10 bits per heavy atom. The van der Waals surface area contributed by atoms with Crippen molar-refractivity contribution in [1.82, 2.24) is 25.0 Å². The molecule has 1 aromatic carbocycles. The molecule has 0 unspecified atom stereocenters. The monoisotopic (exact) mass is 417 g/mol. The second-order valence-electron chi connectivity index (χ2n) is 8.08. The fraction of sp³-hybridized carbons (Fsp3) is 0.333. The van der Waals surface area contributed by atoms with Crippen LogP contribution in [0.1, 0.15) is 64.6 Å². The molecular weight excluding hydrogens is 390 g/mol. The third-order valence-electron chi connectivity index (χ3n) is 5.48. The van der Waals surface area contributed by atoms with Crippen LogP contribution in [0.4, 0.5) is 0 Å². The molecule has 1 aliphatic rings. The van der Waals surface area contributed by atoms with Gasteiger partial charge in [-0.05, 0) is 48.6 Å². The number of hydrogen-bond acceptors (Lipinski definition) is 4. The van der Waals surface area contributed by atoms with E-state index < -0.39 is 0 Å². The molecule has 160 valence electrons. The van der Waals surface area contributed by atoms with Gasteiger partial charge in [-0.25, -0.2) is 9.67 Å². The van der Waals surface area contributed by atoms with Crippen LogP contribution in [0.25, 0.3) is 5.82 Å². The zero-order valence-electron chi connectivity index (χ0n) is 17.9. The Morgan fingerprint density at radius 3 is 2.61 bits per heavy atom. The van der Waals surface area contributed by atoms with Crippen molar-refractivity contribution in [3.63, 3.8) is 0 Å². The second-order valence-corrected chi connectivity index (χ2v) is 8.08. The van der Waals surface area contributed by atoms with Crippen molar-refractivity contribution in [2.24, 2.45) is 0 Å². The quantitative estimate of drug-likeness (QED) is 0.665. The fourth-order valence-corrected chi connectivity index (χ4v) is 3.94. The summed E-state index contributed by atoms with van der Waals surface area (Å²) in [6, 6.07) is 13.1. The number of amides is 2. The first-order chi connectivity index (χ1) is 15.0. The van der Waals surface area contributed by atoms with E-state index in [9.17, 15) is 9.59 Å². The third kappa shape index (κ3) is 4.50. The molecule has 1 saturated heterocycles.